The van der Waals surface area contributed by atoms with Gasteiger partial charge >= 0.3 is 0 Å². The van der Waals surface area contributed by atoms with Gasteiger partial charge < -0.3 is 56.2 Å². The van der Waals surface area contributed by atoms with Crippen LogP contribution in [0.2, 0.25) is 0 Å². The van der Waals surface area contributed by atoms with Crippen LogP contribution in [0.3, 0.4) is 0 Å². The summed E-state index contributed by atoms with van der Waals surface area (Å²) in [5.74, 6) is 4.95. The largest absolute Gasteiger partial charge is 0.394 e. The van der Waals surface area contributed by atoms with E-state index < -0.39 is 30.5 Å². The van der Waals surface area contributed by atoms with Crippen molar-refractivity contribution < 1.29 is 56.2 Å². The Morgan fingerprint density at radius 2 is 0.918 bits per heavy atom. The number of aliphatic hydroxyl groups excluding tert-OH is 10. The summed E-state index contributed by atoms with van der Waals surface area (Å²) in [6.07, 6.45) is 19.6. The average molecular weight is 1020 g/mol. The summed E-state index contributed by atoms with van der Waals surface area (Å²) in [7, 11) is 0. The summed E-state index contributed by atoms with van der Waals surface area (Å²) < 4.78 is 0. The summed E-state index contributed by atoms with van der Waals surface area (Å²) in [5, 5.41) is 99.2. The molecule has 11 heteroatoms. The predicted molar refractivity (Wildman–Crippen MR) is 294 cm³/mol. The topological polar surface area (TPSA) is 223 Å². The van der Waals surface area contributed by atoms with Crippen LogP contribution in [0.5, 0.6) is 0 Å². The molecule has 0 aromatic heterocycles. The third kappa shape index (κ3) is 26.2. The maximum Gasteiger partial charge on any atom is 0.102 e. The minimum Gasteiger partial charge on any atom is -0.394 e. The second-order valence-corrected chi connectivity index (χ2v) is 23.7. The Bertz CT molecular complexity index is 1810. The molecule has 73 heavy (non-hydrogen) atoms. The van der Waals surface area contributed by atoms with E-state index in [1.54, 1.807) is 0 Å². The SMILES string of the molecule is CC12CC3CC(C1)CC(O)(C3)C2.CC1CCC(CC(O)CO)CC1.CC1CCC(CCC(O)CO)CC1.Cc1ccc(C(O)CO)cc1.Cc1ccc(CC(O)CO)cc1.Cc1ccc(CCC(O)CO)cc1. The fourth-order valence-corrected chi connectivity index (χ4v) is 12.0. The lowest BCUT2D eigenvalue weighted by Crippen LogP contribution is -2.54. The molecule has 6 aliphatic carbocycles. The van der Waals surface area contributed by atoms with E-state index >= 15 is 0 Å². The van der Waals surface area contributed by atoms with Crippen molar-refractivity contribution in [3.8, 4) is 0 Å². The van der Waals surface area contributed by atoms with E-state index in [9.17, 15) is 20.4 Å². The lowest BCUT2D eigenvalue weighted by Gasteiger charge is -2.59. The highest BCUT2D eigenvalue weighted by Crippen LogP contribution is 2.61. The molecule has 7 unspecified atom stereocenters. The van der Waals surface area contributed by atoms with Gasteiger partial charge in [-0.2, -0.15) is 0 Å². The smallest absolute Gasteiger partial charge is 0.102 e. The van der Waals surface area contributed by atoms with Crippen molar-refractivity contribution in [2.24, 2.45) is 40.9 Å². The minimum absolute atomic E-state index is 0.0773. The standard InChI is InChI=1S/C11H22O2.C11H16O2.C11H18O.C10H20O2.C10H14O2.C9H12O2/c2*1-9-2-4-10(5-3-9)6-7-11(13)8-12;1-10-3-8-2-9(4-10)6-11(12,5-8)7-10;2*1-8-2-4-9(5-3-8)6-10(12)7-11;1-7-2-4-8(5-3-7)9(11)6-10/h9-13H,2-8H2,1H3;2-5,11-13H,6-8H2,1H3;8-9,12H,2-7H2,1H3;8-12H,2-7H2,1H3;2-5,10-12H,6-7H2,1H3;2-5,9-11H,6H2,1H3. The maximum atomic E-state index is 10.3. The summed E-state index contributed by atoms with van der Waals surface area (Å²) in [6, 6.07) is 23.6. The molecule has 0 heterocycles. The van der Waals surface area contributed by atoms with E-state index in [4.69, 9.17) is 35.7 Å². The van der Waals surface area contributed by atoms with Crippen molar-refractivity contribution in [3.63, 3.8) is 0 Å². The molecule has 3 aromatic rings. The molecule has 6 saturated carbocycles. The quantitative estimate of drug-likeness (QED) is 0.0650. The number of hydrogen-bond acceptors (Lipinski definition) is 11. The summed E-state index contributed by atoms with van der Waals surface area (Å²) in [5.41, 5.74) is 6.90. The molecular formula is C62H102O11. The number of rotatable bonds is 16. The Morgan fingerprint density at radius 3 is 1.34 bits per heavy atom. The zero-order valence-electron chi connectivity index (χ0n) is 45.9. The Hall–Kier alpha value is -2.78. The van der Waals surface area contributed by atoms with Crippen molar-refractivity contribution in [3.05, 3.63) is 106 Å². The lowest BCUT2D eigenvalue weighted by molar-refractivity contribution is -0.157. The number of benzene rings is 3. The summed E-state index contributed by atoms with van der Waals surface area (Å²) >= 11 is 0. The molecule has 7 atom stereocenters. The van der Waals surface area contributed by atoms with E-state index in [0.29, 0.717) is 24.2 Å². The summed E-state index contributed by atoms with van der Waals surface area (Å²) in [6.45, 7) is 12.3. The Balaban J connectivity index is 0.000000231. The predicted octanol–water partition coefficient (Wildman–Crippen LogP) is 9.03. The van der Waals surface area contributed by atoms with Crippen molar-refractivity contribution >= 4 is 0 Å². The molecule has 0 aliphatic heterocycles. The average Bonchev–Trinajstić information content (AvgIpc) is 3.37. The monoisotopic (exact) mass is 1020 g/mol. The first kappa shape index (κ1) is 64.5. The van der Waals surface area contributed by atoms with Crippen LogP contribution < -0.4 is 0 Å². The van der Waals surface area contributed by atoms with Crippen LogP contribution in [0.25, 0.3) is 0 Å². The van der Waals surface area contributed by atoms with E-state index in [-0.39, 0.29) is 38.6 Å². The highest BCUT2D eigenvalue weighted by atomic mass is 16.3. The van der Waals surface area contributed by atoms with Crippen LogP contribution in [-0.4, -0.2) is 119 Å². The molecule has 6 fully saturated rings. The minimum atomic E-state index is -0.740. The Morgan fingerprint density at radius 1 is 0.493 bits per heavy atom. The van der Waals surface area contributed by atoms with Crippen molar-refractivity contribution in [2.75, 3.05) is 33.0 Å². The molecule has 11 N–H and O–H groups in total. The van der Waals surface area contributed by atoms with E-state index in [2.05, 4.69) is 45.0 Å². The number of aliphatic hydroxyl groups is 11. The van der Waals surface area contributed by atoms with Crippen LogP contribution >= 0.6 is 0 Å². The second kappa shape index (κ2) is 34.1. The normalized spacial score (nSPS) is 27.7. The number of aryl methyl sites for hydroxylation is 4. The van der Waals surface area contributed by atoms with Gasteiger partial charge in [-0.05, 0) is 149 Å². The molecule has 0 radical (unpaired) electrons. The first-order valence-corrected chi connectivity index (χ1v) is 28.0. The van der Waals surface area contributed by atoms with Gasteiger partial charge in [-0.25, -0.2) is 0 Å². The van der Waals surface area contributed by atoms with Crippen LogP contribution in [0, 0.1) is 61.7 Å². The molecule has 3 aromatic carbocycles. The van der Waals surface area contributed by atoms with Crippen molar-refractivity contribution in [1.82, 2.24) is 0 Å². The molecule has 4 bridgehead atoms. The van der Waals surface area contributed by atoms with Gasteiger partial charge in [0.25, 0.3) is 0 Å². The van der Waals surface area contributed by atoms with Gasteiger partial charge in [0.15, 0.2) is 0 Å². The van der Waals surface area contributed by atoms with Crippen LogP contribution in [-0.2, 0) is 12.8 Å². The van der Waals surface area contributed by atoms with Gasteiger partial charge in [-0.15, -0.1) is 0 Å². The molecule has 6 aliphatic rings. The van der Waals surface area contributed by atoms with Crippen molar-refractivity contribution in [1.29, 1.82) is 0 Å². The van der Waals surface area contributed by atoms with Gasteiger partial charge in [0.05, 0.1) is 63.1 Å². The zero-order chi connectivity index (χ0) is 54.0. The Kier molecular flexibility index (Phi) is 30.1. The first-order valence-electron chi connectivity index (χ1n) is 28.0. The fourth-order valence-electron chi connectivity index (χ4n) is 12.0. The van der Waals surface area contributed by atoms with E-state index in [1.807, 2.05) is 69.3 Å². The summed E-state index contributed by atoms with van der Waals surface area (Å²) in [4.78, 5) is 0. The van der Waals surface area contributed by atoms with E-state index in [0.717, 1.165) is 91.2 Å². The van der Waals surface area contributed by atoms with Crippen LogP contribution in [0.4, 0.5) is 0 Å². The molecule has 0 saturated heterocycles. The van der Waals surface area contributed by atoms with Gasteiger partial charge in [-0.3, -0.25) is 0 Å². The van der Waals surface area contributed by atoms with Crippen molar-refractivity contribution in [2.45, 2.75) is 206 Å². The lowest BCUT2D eigenvalue weighted by atomic mass is 9.48. The number of hydrogen-bond donors (Lipinski definition) is 11. The zero-order valence-corrected chi connectivity index (χ0v) is 45.9. The van der Waals surface area contributed by atoms with Gasteiger partial charge in [0.2, 0.25) is 0 Å². The highest BCUT2D eigenvalue weighted by molar-refractivity contribution is 5.24. The van der Waals surface area contributed by atoms with Crippen LogP contribution in [0.15, 0.2) is 72.8 Å². The second-order valence-electron chi connectivity index (χ2n) is 23.7. The molecule has 416 valence electrons. The Labute approximate surface area is 440 Å². The third-order valence-corrected chi connectivity index (χ3v) is 16.1. The third-order valence-electron chi connectivity index (χ3n) is 16.1. The molecule has 0 amide bonds. The fraction of sp³-hybridized carbons (Fsp3) is 0.710. The molecule has 0 spiro atoms. The van der Waals surface area contributed by atoms with Gasteiger partial charge in [0.1, 0.15) is 6.10 Å². The molecule has 11 nitrogen and oxygen atoms in total. The van der Waals surface area contributed by atoms with Gasteiger partial charge in [0, 0.05) is 6.42 Å². The highest BCUT2D eigenvalue weighted by Gasteiger charge is 2.55. The molecule has 9 rings (SSSR count). The maximum absolute atomic E-state index is 10.3. The molecular weight excluding hydrogens is 921 g/mol. The van der Waals surface area contributed by atoms with Crippen LogP contribution in [0.1, 0.15) is 176 Å². The van der Waals surface area contributed by atoms with E-state index in [1.165, 1.54) is 87.3 Å². The first-order chi connectivity index (χ1) is 34.7. The van der Waals surface area contributed by atoms with Gasteiger partial charge in [-0.1, -0.05) is 162 Å².